The zero-order valence-corrected chi connectivity index (χ0v) is 13.1. The van der Waals surface area contributed by atoms with E-state index in [-0.39, 0.29) is 0 Å². The van der Waals surface area contributed by atoms with Crippen molar-refractivity contribution in [3.63, 3.8) is 0 Å². The summed E-state index contributed by atoms with van der Waals surface area (Å²) in [6.07, 6.45) is 2.46. The third kappa shape index (κ3) is 3.70. The van der Waals surface area contributed by atoms with Gasteiger partial charge in [0, 0.05) is 21.4 Å². The molecule has 0 bridgehead atoms. The topological polar surface area (TPSA) is 12.5 Å². The molecule has 0 radical (unpaired) electrons. The Labute approximate surface area is 120 Å². The average molecular weight is 363 g/mol. The maximum atomic E-state index is 5.41. The number of hydrogen-bond donors (Lipinski definition) is 0. The van der Waals surface area contributed by atoms with Gasteiger partial charge in [-0.15, -0.1) is 0 Å². The minimum Gasteiger partial charge on any atom is -0.496 e. The first kappa shape index (κ1) is 13.4. The zero-order valence-electron chi connectivity index (χ0n) is 9.96. The Balaban J connectivity index is 2.04. The van der Waals surface area contributed by atoms with Crippen LogP contribution in [0.1, 0.15) is 18.4 Å². The summed E-state index contributed by atoms with van der Waals surface area (Å²) in [5, 5.41) is 0. The van der Waals surface area contributed by atoms with Gasteiger partial charge in [0.15, 0.2) is 0 Å². The smallest absolute Gasteiger partial charge is 0.123 e. The molecule has 1 heterocycles. The van der Waals surface area contributed by atoms with Crippen LogP contribution >= 0.6 is 31.9 Å². The van der Waals surface area contributed by atoms with Gasteiger partial charge in [-0.3, -0.25) is 4.90 Å². The highest BCUT2D eigenvalue weighted by Crippen LogP contribution is 2.26. The molecule has 0 atom stereocenters. The van der Waals surface area contributed by atoms with Crippen LogP contribution in [-0.4, -0.2) is 29.9 Å². The molecule has 0 unspecified atom stereocenters. The fourth-order valence-electron chi connectivity index (χ4n) is 2.17. The number of piperidine rings is 1. The van der Waals surface area contributed by atoms with Crippen molar-refractivity contribution in [1.29, 1.82) is 0 Å². The molecule has 1 aliphatic heterocycles. The molecule has 0 amide bonds. The molecule has 17 heavy (non-hydrogen) atoms. The monoisotopic (exact) mass is 361 g/mol. The van der Waals surface area contributed by atoms with Crippen LogP contribution in [0.5, 0.6) is 5.75 Å². The Bertz CT molecular complexity index is 376. The summed E-state index contributed by atoms with van der Waals surface area (Å²) in [6, 6.07) is 6.20. The Morgan fingerprint density at radius 2 is 2.06 bits per heavy atom. The minimum absolute atomic E-state index is 0.697. The third-order valence-corrected chi connectivity index (χ3v) is 4.56. The van der Waals surface area contributed by atoms with Gasteiger partial charge in [0.1, 0.15) is 5.75 Å². The Morgan fingerprint density at radius 1 is 1.35 bits per heavy atom. The van der Waals surface area contributed by atoms with E-state index < -0.39 is 0 Å². The maximum absolute atomic E-state index is 5.41. The summed E-state index contributed by atoms with van der Waals surface area (Å²) < 4.78 is 6.52. The quantitative estimate of drug-likeness (QED) is 0.758. The second-order valence-corrected chi connectivity index (χ2v) is 6.62. The van der Waals surface area contributed by atoms with Gasteiger partial charge in [0.2, 0.25) is 0 Å². The molecule has 0 aliphatic carbocycles. The number of methoxy groups -OCH3 is 1. The number of likely N-dealkylation sites (tertiary alicyclic amines) is 1. The molecule has 0 spiro atoms. The van der Waals surface area contributed by atoms with Gasteiger partial charge in [0.25, 0.3) is 0 Å². The van der Waals surface area contributed by atoms with Gasteiger partial charge >= 0.3 is 0 Å². The van der Waals surface area contributed by atoms with Gasteiger partial charge in [-0.2, -0.15) is 0 Å². The summed E-state index contributed by atoms with van der Waals surface area (Å²) in [5.41, 5.74) is 1.26. The van der Waals surface area contributed by atoms with Gasteiger partial charge in [-0.25, -0.2) is 0 Å². The highest BCUT2D eigenvalue weighted by Gasteiger charge is 2.18. The highest BCUT2D eigenvalue weighted by atomic mass is 79.9. The Morgan fingerprint density at radius 3 is 2.71 bits per heavy atom. The van der Waals surface area contributed by atoms with Gasteiger partial charge < -0.3 is 4.74 Å². The van der Waals surface area contributed by atoms with Crippen LogP contribution < -0.4 is 4.74 Å². The van der Waals surface area contributed by atoms with Crippen LogP contribution in [-0.2, 0) is 6.54 Å². The Hall–Kier alpha value is -0.0600. The first-order valence-electron chi connectivity index (χ1n) is 5.88. The first-order valence-corrected chi connectivity index (χ1v) is 7.59. The lowest BCUT2D eigenvalue weighted by atomic mass is 10.1. The van der Waals surface area contributed by atoms with Gasteiger partial charge in [0.05, 0.1) is 7.11 Å². The number of rotatable bonds is 3. The number of halogens is 2. The highest BCUT2D eigenvalue weighted by molar-refractivity contribution is 9.10. The van der Waals surface area contributed by atoms with Crippen molar-refractivity contribution < 1.29 is 4.74 Å². The molecule has 2 rings (SSSR count). The number of hydrogen-bond acceptors (Lipinski definition) is 2. The molecular weight excluding hydrogens is 346 g/mol. The molecule has 4 heteroatoms. The first-order chi connectivity index (χ1) is 8.19. The van der Waals surface area contributed by atoms with E-state index in [1.54, 1.807) is 7.11 Å². The van der Waals surface area contributed by atoms with E-state index in [9.17, 15) is 0 Å². The van der Waals surface area contributed by atoms with E-state index in [4.69, 9.17) is 4.74 Å². The maximum Gasteiger partial charge on any atom is 0.123 e. The van der Waals surface area contributed by atoms with Crippen LogP contribution in [0, 0.1) is 0 Å². The summed E-state index contributed by atoms with van der Waals surface area (Å²) in [6.45, 7) is 3.29. The van der Waals surface area contributed by atoms with Crippen molar-refractivity contribution in [2.45, 2.75) is 24.2 Å². The molecule has 1 saturated heterocycles. The average Bonchev–Trinajstić information content (AvgIpc) is 2.32. The van der Waals surface area contributed by atoms with Crippen molar-refractivity contribution >= 4 is 31.9 Å². The number of ether oxygens (including phenoxy) is 1. The molecule has 1 fully saturated rings. The van der Waals surface area contributed by atoms with Crippen molar-refractivity contribution in [3.8, 4) is 5.75 Å². The number of alkyl halides is 1. The fraction of sp³-hybridized carbons (Fsp3) is 0.538. The summed E-state index contributed by atoms with van der Waals surface area (Å²) >= 11 is 7.20. The summed E-state index contributed by atoms with van der Waals surface area (Å²) in [5.74, 6) is 0.981. The van der Waals surface area contributed by atoms with Crippen molar-refractivity contribution in [2.24, 2.45) is 0 Å². The van der Waals surface area contributed by atoms with Crippen LogP contribution in [0.15, 0.2) is 22.7 Å². The molecule has 0 saturated carbocycles. The standard InChI is InChI=1S/C13H17Br2NO/c1-17-13-3-2-12(15)8-10(13)9-16-6-4-11(14)5-7-16/h2-3,8,11H,4-7,9H2,1H3. The van der Waals surface area contributed by atoms with E-state index >= 15 is 0 Å². The molecule has 94 valence electrons. The van der Waals surface area contributed by atoms with Gasteiger partial charge in [-0.1, -0.05) is 31.9 Å². The van der Waals surface area contributed by atoms with Gasteiger partial charge in [-0.05, 0) is 44.1 Å². The van der Waals surface area contributed by atoms with Crippen molar-refractivity contribution in [1.82, 2.24) is 4.90 Å². The lowest BCUT2D eigenvalue weighted by Gasteiger charge is -2.29. The minimum atomic E-state index is 0.697. The number of nitrogens with zero attached hydrogens (tertiary/aromatic N) is 1. The molecule has 1 aliphatic rings. The zero-order chi connectivity index (χ0) is 12.3. The summed E-state index contributed by atoms with van der Waals surface area (Å²) in [4.78, 5) is 3.19. The Kier molecular flexibility index (Phi) is 4.88. The van der Waals surface area contributed by atoms with Crippen molar-refractivity contribution in [2.75, 3.05) is 20.2 Å². The van der Waals surface area contributed by atoms with Crippen LogP contribution in [0.3, 0.4) is 0 Å². The second kappa shape index (κ2) is 6.21. The fourth-order valence-corrected chi connectivity index (χ4v) is 2.99. The second-order valence-electron chi connectivity index (χ2n) is 4.41. The van der Waals surface area contributed by atoms with Crippen LogP contribution in [0.25, 0.3) is 0 Å². The normalized spacial score (nSPS) is 18.3. The number of benzene rings is 1. The van der Waals surface area contributed by atoms with Crippen LogP contribution in [0.4, 0.5) is 0 Å². The largest absolute Gasteiger partial charge is 0.496 e. The third-order valence-electron chi connectivity index (χ3n) is 3.15. The molecule has 2 nitrogen and oxygen atoms in total. The molecule has 1 aromatic rings. The van der Waals surface area contributed by atoms with E-state index in [2.05, 4.69) is 42.8 Å². The lowest BCUT2D eigenvalue weighted by Crippen LogP contribution is -2.33. The molecule has 1 aromatic carbocycles. The van der Waals surface area contributed by atoms with E-state index in [0.29, 0.717) is 4.83 Å². The molecular formula is C13H17Br2NO. The van der Waals surface area contributed by atoms with E-state index in [1.807, 2.05) is 12.1 Å². The predicted octanol–water partition coefficient (Wildman–Crippen LogP) is 3.82. The van der Waals surface area contributed by atoms with E-state index in [0.717, 1.165) is 29.9 Å². The van der Waals surface area contributed by atoms with E-state index in [1.165, 1.54) is 18.4 Å². The summed E-state index contributed by atoms with van der Waals surface area (Å²) in [7, 11) is 1.73. The van der Waals surface area contributed by atoms with Crippen molar-refractivity contribution in [3.05, 3.63) is 28.2 Å². The molecule has 0 aromatic heterocycles. The predicted molar refractivity (Wildman–Crippen MR) is 77.9 cm³/mol. The lowest BCUT2D eigenvalue weighted by molar-refractivity contribution is 0.223. The SMILES string of the molecule is COc1ccc(Br)cc1CN1CCC(Br)CC1. The molecule has 0 N–H and O–H groups in total. The van der Waals surface area contributed by atoms with Crippen LogP contribution in [0.2, 0.25) is 0 Å².